The van der Waals surface area contributed by atoms with E-state index in [0.717, 1.165) is 29.2 Å². The second-order valence-electron chi connectivity index (χ2n) is 8.95. The second kappa shape index (κ2) is 9.03. The van der Waals surface area contributed by atoms with Crippen LogP contribution in [-0.2, 0) is 17.9 Å². The van der Waals surface area contributed by atoms with Gasteiger partial charge in [0, 0.05) is 18.6 Å². The van der Waals surface area contributed by atoms with Gasteiger partial charge in [-0.25, -0.2) is 4.98 Å². The number of nitrogens with zero attached hydrogens (tertiary/aromatic N) is 7. The van der Waals surface area contributed by atoms with Gasteiger partial charge < -0.3 is 23.1 Å². The van der Waals surface area contributed by atoms with E-state index in [-0.39, 0.29) is 18.6 Å². The van der Waals surface area contributed by atoms with Crippen LogP contribution in [0.3, 0.4) is 0 Å². The molecule has 1 atom stereocenters. The van der Waals surface area contributed by atoms with Crippen molar-refractivity contribution in [2.45, 2.75) is 45.4 Å². The Morgan fingerprint density at radius 3 is 2.86 bits per heavy atom. The van der Waals surface area contributed by atoms with Crippen LogP contribution in [0.2, 0.25) is 5.02 Å². The third-order valence-corrected chi connectivity index (χ3v) is 6.63. The van der Waals surface area contributed by atoms with E-state index in [9.17, 15) is 0 Å². The number of hydrogen-bond donors (Lipinski definition) is 0. The molecular formula is C25H24ClN7O3. The summed E-state index contributed by atoms with van der Waals surface area (Å²) < 4.78 is 21.2. The van der Waals surface area contributed by atoms with Gasteiger partial charge in [-0.15, -0.1) is 10.2 Å². The maximum absolute atomic E-state index is 6.29. The Balaban J connectivity index is 1.45. The summed E-state index contributed by atoms with van der Waals surface area (Å²) in [6, 6.07) is 7.35. The van der Waals surface area contributed by atoms with Crippen molar-refractivity contribution in [3.63, 3.8) is 0 Å². The van der Waals surface area contributed by atoms with E-state index in [0.29, 0.717) is 40.6 Å². The summed E-state index contributed by atoms with van der Waals surface area (Å²) in [5.74, 6) is 3.11. The van der Waals surface area contributed by atoms with Crippen molar-refractivity contribution in [1.29, 1.82) is 0 Å². The fourth-order valence-corrected chi connectivity index (χ4v) is 4.60. The molecule has 0 bridgehead atoms. The first kappa shape index (κ1) is 22.7. The molecule has 4 aromatic rings. The number of fused-ring (bicyclic) bond motifs is 5. The minimum absolute atomic E-state index is 0.0629. The predicted octanol–water partition coefficient (Wildman–Crippen LogP) is 4.59. The van der Waals surface area contributed by atoms with Gasteiger partial charge in [0.1, 0.15) is 24.4 Å². The van der Waals surface area contributed by atoms with Crippen LogP contribution in [0.4, 0.5) is 0 Å². The molecule has 10 nitrogen and oxygen atoms in total. The van der Waals surface area contributed by atoms with Crippen molar-refractivity contribution < 1.29 is 14.0 Å². The van der Waals surface area contributed by atoms with Crippen molar-refractivity contribution in [2.75, 3.05) is 7.11 Å². The lowest BCUT2D eigenvalue weighted by atomic mass is 10.0. The molecule has 0 fully saturated rings. The molecule has 0 saturated carbocycles. The smallest absolute Gasteiger partial charge is 0.229 e. The average molecular weight is 506 g/mol. The zero-order chi connectivity index (χ0) is 24.8. The maximum Gasteiger partial charge on any atom is 0.229 e. The summed E-state index contributed by atoms with van der Waals surface area (Å²) in [4.78, 5) is 9.27. The number of rotatable bonds is 6. The SMILES string of the molecule is COC1C=C2C(=CC1)n1cnc(-c3noc(C(C)C)n3)c1Cn1c(COc3ccccc3Cl)nnc12. The van der Waals surface area contributed by atoms with Gasteiger partial charge >= 0.3 is 0 Å². The molecule has 0 spiro atoms. The van der Waals surface area contributed by atoms with E-state index >= 15 is 0 Å². The summed E-state index contributed by atoms with van der Waals surface area (Å²) in [6.07, 6.45) is 6.68. The second-order valence-corrected chi connectivity index (χ2v) is 9.35. The molecule has 4 heterocycles. The molecule has 0 amide bonds. The molecule has 1 aliphatic carbocycles. The standard InChI is InChI=1S/C25H24ClN7O3/c1-14(2)25-28-23(31-36-25)22-19-11-32-21(12-35-20-7-5-4-6-17(20)26)29-30-24(32)16-10-15(34-3)8-9-18(16)33(19)13-27-22/h4-7,9-10,13-15H,8,11-12H2,1-3H3. The number of methoxy groups -OCH3 is 1. The first-order valence-electron chi connectivity index (χ1n) is 11.7. The van der Waals surface area contributed by atoms with Crippen LogP contribution in [0, 0.1) is 0 Å². The minimum Gasteiger partial charge on any atom is -0.484 e. The predicted molar refractivity (Wildman–Crippen MR) is 132 cm³/mol. The van der Waals surface area contributed by atoms with Gasteiger partial charge in [0.05, 0.1) is 29.1 Å². The van der Waals surface area contributed by atoms with E-state index in [1.54, 1.807) is 19.5 Å². The molecule has 2 aliphatic rings. The summed E-state index contributed by atoms with van der Waals surface area (Å²) >= 11 is 6.29. The fraction of sp³-hybridized carbons (Fsp3) is 0.320. The molecule has 1 aromatic carbocycles. The molecule has 184 valence electrons. The van der Waals surface area contributed by atoms with Crippen LogP contribution in [0.25, 0.3) is 22.8 Å². The van der Waals surface area contributed by atoms with Gasteiger partial charge in [-0.3, -0.25) is 0 Å². The third kappa shape index (κ3) is 3.82. The van der Waals surface area contributed by atoms with Crippen molar-refractivity contribution in [2.24, 2.45) is 0 Å². The number of halogens is 1. The first-order valence-corrected chi connectivity index (χ1v) is 12.1. The van der Waals surface area contributed by atoms with Crippen LogP contribution in [0.5, 0.6) is 5.75 Å². The lowest BCUT2D eigenvalue weighted by Gasteiger charge is -2.20. The molecular weight excluding hydrogens is 482 g/mol. The number of hydrogen-bond acceptors (Lipinski definition) is 8. The first-order chi connectivity index (χ1) is 17.5. The third-order valence-electron chi connectivity index (χ3n) is 6.32. The Hall–Kier alpha value is -3.76. The van der Waals surface area contributed by atoms with E-state index < -0.39 is 0 Å². The summed E-state index contributed by atoms with van der Waals surface area (Å²) in [5, 5.41) is 13.8. The molecule has 0 N–H and O–H groups in total. The average Bonchev–Trinajstić information content (AvgIpc) is 3.61. The van der Waals surface area contributed by atoms with Gasteiger partial charge in [0.2, 0.25) is 11.7 Å². The number of aromatic nitrogens is 7. The monoisotopic (exact) mass is 505 g/mol. The van der Waals surface area contributed by atoms with Gasteiger partial charge in [0.25, 0.3) is 0 Å². The van der Waals surface area contributed by atoms with E-state index in [4.69, 9.17) is 25.6 Å². The highest BCUT2D eigenvalue weighted by molar-refractivity contribution is 6.32. The van der Waals surface area contributed by atoms with Crippen LogP contribution in [0.15, 0.2) is 47.3 Å². The van der Waals surface area contributed by atoms with E-state index in [1.165, 1.54) is 0 Å². The number of allylic oxidation sites excluding steroid dienone is 2. The van der Waals surface area contributed by atoms with Crippen molar-refractivity contribution in [1.82, 2.24) is 34.5 Å². The molecule has 0 radical (unpaired) electrons. The molecule has 1 unspecified atom stereocenters. The number of ether oxygens (including phenoxy) is 2. The minimum atomic E-state index is -0.0629. The lowest BCUT2D eigenvalue weighted by molar-refractivity contribution is 0.143. The Morgan fingerprint density at radius 2 is 2.08 bits per heavy atom. The molecule has 11 heteroatoms. The number of benzene rings is 1. The van der Waals surface area contributed by atoms with E-state index in [1.807, 2.05) is 36.6 Å². The van der Waals surface area contributed by atoms with E-state index in [2.05, 4.69) is 42.0 Å². The maximum atomic E-state index is 6.29. The largest absolute Gasteiger partial charge is 0.484 e. The Bertz CT molecular complexity index is 1500. The molecule has 3 aromatic heterocycles. The Kier molecular flexibility index (Phi) is 5.69. The zero-order valence-electron chi connectivity index (χ0n) is 20.1. The normalized spacial score (nSPS) is 16.6. The summed E-state index contributed by atoms with van der Waals surface area (Å²) in [7, 11) is 1.70. The van der Waals surface area contributed by atoms with Crippen molar-refractivity contribution in [3.05, 3.63) is 71.0 Å². The molecule has 0 saturated heterocycles. The van der Waals surface area contributed by atoms with Crippen molar-refractivity contribution in [3.8, 4) is 17.3 Å². The summed E-state index contributed by atoms with van der Waals surface area (Å²) in [5.41, 5.74) is 3.44. The van der Waals surface area contributed by atoms with Gasteiger partial charge in [0.15, 0.2) is 11.6 Å². The Morgan fingerprint density at radius 1 is 1.22 bits per heavy atom. The van der Waals surface area contributed by atoms with Gasteiger partial charge in [-0.05, 0) is 24.6 Å². The molecule has 1 aliphatic heterocycles. The topological polar surface area (TPSA) is 106 Å². The van der Waals surface area contributed by atoms with Crippen LogP contribution in [-0.4, -0.2) is 47.7 Å². The fourth-order valence-electron chi connectivity index (χ4n) is 4.40. The zero-order valence-corrected chi connectivity index (χ0v) is 20.8. The molecule has 36 heavy (non-hydrogen) atoms. The van der Waals surface area contributed by atoms with Crippen LogP contribution in [0.1, 0.15) is 49.4 Å². The van der Waals surface area contributed by atoms with Gasteiger partial charge in [-0.2, -0.15) is 4.98 Å². The summed E-state index contributed by atoms with van der Waals surface area (Å²) in [6.45, 7) is 4.66. The quantitative estimate of drug-likeness (QED) is 0.374. The highest BCUT2D eigenvalue weighted by atomic mass is 35.5. The van der Waals surface area contributed by atoms with Crippen molar-refractivity contribution >= 4 is 22.9 Å². The highest BCUT2D eigenvalue weighted by Crippen LogP contribution is 2.38. The van der Waals surface area contributed by atoms with Gasteiger partial charge in [-0.1, -0.05) is 48.8 Å². The number of para-hydroxylation sites is 1. The number of imidazole rings is 1. The Labute approximate surface area is 212 Å². The van der Waals surface area contributed by atoms with Crippen LogP contribution >= 0.6 is 11.6 Å². The molecule has 6 rings (SSSR count). The highest BCUT2D eigenvalue weighted by Gasteiger charge is 2.32. The van der Waals surface area contributed by atoms with Crippen LogP contribution < -0.4 is 4.74 Å². The lowest BCUT2D eigenvalue weighted by Crippen LogP contribution is -2.14.